The lowest BCUT2D eigenvalue weighted by Crippen LogP contribution is -2.28. The number of para-hydroxylation sites is 2. The van der Waals surface area contributed by atoms with E-state index >= 15 is 0 Å². The molecule has 0 spiro atoms. The topological polar surface area (TPSA) is 29.5 Å². The number of halogens is 1. The Bertz CT molecular complexity index is 652. The van der Waals surface area contributed by atoms with Crippen LogP contribution >= 0.6 is 0 Å². The number of ether oxygens (including phenoxy) is 1. The van der Waals surface area contributed by atoms with Gasteiger partial charge in [0.1, 0.15) is 0 Å². The van der Waals surface area contributed by atoms with Gasteiger partial charge in [-0.2, -0.15) is 4.39 Å². The largest absolute Gasteiger partial charge is 0.428 e. The van der Waals surface area contributed by atoms with Crippen molar-refractivity contribution < 1.29 is 13.9 Å². The van der Waals surface area contributed by atoms with Gasteiger partial charge in [-0.05, 0) is 24.3 Å². The summed E-state index contributed by atoms with van der Waals surface area (Å²) in [6.45, 7) is 0. The van der Waals surface area contributed by atoms with Crippen LogP contribution in [0.25, 0.3) is 0 Å². The van der Waals surface area contributed by atoms with Gasteiger partial charge in [0.2, 0.25) is 0 Å². The maximum Gasteiger partial charge on any atom is 0.295 e. The second kappa shape index (κ2) is 4.57. The van der Waals surface area contributed by atoms with Crippen molar-refractivity contribution in [2.75, 3.05) is 4.90 Å². The van der Waals surface area contributed by atoms with E-state index in [0.29, 0.717) is 17.0 Å². The van der Waals surface area contributed by atoms with Gasteiger partial charge in [0.05, 0.1) is 11.9 Å². The van der Waals surface area contributed by atoms with E-state index in [-0.39, 0.29) is 5.91 Å². The van der Waals surface area contributed by atoms with E-state index < -0.39 is 6.01 Å². The second-order valence-corrected chi connectivity index (χ2v) is 4.04. The molecule has 1 aliphatic rings. The molecule has 0 saturated carbocycles. The SMILES string of the molecule is O=C(c1ccccc1)N1C=C(F)Oc2ccccc21. The molecule has 0 fully saturated rings. The third kappa shape index (κ3) is 2.08. The fraction of sp³-hybridized carbons (Fsp3) is 0. The van der Waals surface area contributed by atoms with Gasteiger partial charge < -0.3 is 4.74 Å². The summed E-state index contributed by atoms with van der Waals surface area (Å²) in [5.41, 5.74) is 1.01. The van der Waals surface area contributed by atoms with Crippen molar-refractivity contribution in [2.45, 2.75) is 0 Å². The smallest absolute Gasteiger partial charge is 0.295 e. The monoisotopic (exact) mass is 255 g/mol. The molecule has 2 aromatic carbocycles. The lowest BCUT2D eigenvalue weighted by atomic mass is 10.1. The minimum absolute atomic E-state index is 0.300. The molecule has 0 saturated heterocycles. The summed E-state index contributed by atoms with van der Waals surface area (Å²) in [7, 11) is 0. The highest BCUT2D eigenvalue weighted by Gasteiger charge is 2.24. The number of carbonyl (C=O) groups is 1. The van der Waals surface area contributed by atoms with Crippen LogP contribution < -0.4 is 9.64 Å². The van der Waals surface area contributed by atoms with E-state index in [2.05, 4.69) is 0 Å². The standard InChI is InChI=1S/C15H10FNO2/c16-14-10-17(12-8-4-5-9-13(12)19-14)15(18)11-6-2-1-3-7-11/h1-10H. The van der Waals surface area contributed by atoms with Crippen LogP contribution in [0.5, 0.6) is 5.75 Å². The number of carbonyl (C=O) groups excluding carboxylic acids is 1. The van der Waals surface area contributed by atoms with E-state index in [4.69, 9.17) is 4.74 Å². The van der Waals surface area contributed by atoms with Gasteiger partial charge in [0.15, 0.2) is 5.75 Å². The third-order valence-electron chi connectivity index (χ3n) is 2.80. The molecule has 1 aliphatic heterocycles. The second-order valence-electron chi connectivity index (χ2n) is 4.04. The molecule has 0 radical (unpaired) electrons. The summed E-state index contributed by atoms with van der Waals surface area (Å²) in [6, 6.07) is 14.7. The number of hydrogen-bond donors (Lipinski definition) is 0. The summed E-state index contributed by atoms with van der Waals surface area (Å²) in [4.78, 5) is 13.6. The Morgan fingerprint density at radius 1 is 1.00 bits per heavy atom. The fourth-order valence-corrected chi connectivity index (χ4v) is 1.93. The van der Waals surface area contributed by atoms with Crippen molar-refractivity contribution >= 4 is 11.6 Å². The molecular formula is C15H10FNO2. The number of fused-ring (bicyclic) bond motifs is 1. The summed E-state index contributed by atoms with van der Waals surface area (Å²) in [6.07, 6.45) is 1.05. The Morgan fingerprint density at radius 3 is 2.47 bits per heavy atom. The van der Waals surface area contributed by atoms with Crippen molar-refractivity contribution in [3.05, 3.63) is 72.4 Å². The first-order chi connectivity index (χ1) is 9.25. The van der Waals surface area contributed by atoms with Crippen LogP contribution in [0, 0.1) is 0 Å². The number of rotatable bonds is 1. The molecule has 3 nitrogen and oxygen atoms in total. The van der Waals surface area contributed by atoms with Gasteiger partial charge >= 0.3 is 0 Å². The Morgan fingerprint density at radius 2 is 1.68 bits per heavy atom. The van der Waals surface area contributed by atoms with Crippen LogP contribution in [0.1, 0.15) is 10.4 Å². The molecule has 94 valence electrons. The van der Waals surface area contributed by atoms with Gasteiger partial charge in [0.25, 0.3) is 11.9 Å². The number of hydrogen-bond acceptors (Lipinski definition) is 2. The molecular weight excluding hydrogens is 245 g/mol. The zero-order valence-corrected chi connectivity index (χ0v) is 9.92. The summed E-state index contributed by atoms with van der Waals surface area (Å²) in [5, 5.41) is 0. The van der Waals surface area contributed by atoms with Crippen LogP contribution in [0.15, 0.2) is 66.8 Å². The zero-order chi connectivity index (χ0) is 13.2. The molecule has 0 atom stereocenters. The molecule has 0 unspecified atom stereocenters. The summed E-state index contributed by atoms with van der Waals surface area (Å²) < 4.78 is 18.4. The van der Waals surface area contributed by atoms with E-state index in [1.165, 1.54) is 4.90 Å². The van der Waals surface area contributed by atoms with Crippen LogP contribution in [-0.2, 0) is 0 Å². The molecule has 1 amide bonds. The first kappa shape index (κ1) is 11.5. The van der Waals surface area contributed by atoms with E-state index in [9.17, 15) is 9.18 Å². The highest BCUT2D eigenvalue weighted by atomic mass is 19.1. The summed E-state index contributed by atoms with van der Waals surface area (Å²) >= 11 is 0. The third-order valence-corrected chi connectivity index (χ3v) is 2.80. The van der Waals surface area contributed by atoms with Crippen molar-refractivity contribution in [3.8, 4) is 5.75 Å². The maximum atomic E-state index is 13.4. The highest BCUT2D eigenvalue weighted by molar-refractivity contribution is 6.08. The van der Waals surface area contributed by atoms with Crippen LogP contribution in [0.3, 0.4) is 0 Å². The number of benzene rings is 2. The lowest BCUT2D eigenvalue weighted by molar-refractivity contribution is 0.0992. The Kier molecular flexibility index (Phi) is 2.76. The van der Waals surface area contributed by atoms with E-state index in [1.807, 2.05) is 6.07 Å². The predicted octanol–water partition coefficient (Wildman–Crippen LogP) is 3.49. The van der Waals surface area contributed by atoms with Crippen LogP contribution in [-0.4, -0.2) is 5.91 Å². The van der Waals surface area contributed by atoms with Gasteiger partial charge in [-0.25, -0.2) is 0 Å². The first-order valence-electron chi connectivity index (χ1n) is 5.78. The molecule has 4 heteroatoms. The number of amides is 1. The van der Waals surface area contributed by atoms with Gasteiger partial charge in [-0.15, -0.1) is 0 Å². The summed E-state index contributed by atoms with van der Waals surface area (Å²) in [5.74, 6) is 0.0262. The molecule has 0 aliphatic carbocycles. The van der Waals surface area contributed by atoms with Crippen LogP contribution in [0.2, 0.25) is 0 Å². The van der Waals surface area contributed by atoms with E-state index in [1.54, 1.807) is 48.5 Å². The fourth-order valence-electron chi connectivity index (χ4n) is 1.93. The molecule has 1 heterocycles. The quantitative estimate of drug-likeness (QED) is 0.780. The Labute approximate surface area is 109 Å². The normalized spacial score (nSPS) is 13.3. The molecule has 19 heavy (non-hydrogen) atoms. The lowest BCUT2D eigenvalue weighted by Gasteiger charge is -2.24. The predicted molar refractivity (Wildman–Crippen MR) is 69.5 cm³/mol. The number of nitrogens with zero attached hydrogens (tertiary/aromatic N) is 1. The molecule has 0 aromatic heterocycles. The van der Waals surface area contributed by atoms with Crippen molar-refractivity contribution in [1.82, 2.24) is 0 Å². The van der Waals surface area contributed by atoms with E-state index in [0.717, 1.165) is 6.20 Å². The average Bonchev–Trinajstić information content (AvgIpc) is 2.46. The molecule has 3 rings (SSSR count). The first-order valence-corrected chi connectivity index (χ1v) is 5.78. The number of anilines is 1. The van der Waals surface area contributed by atoms with Crippen molar-refractivity contribution in [3.63, 3.8) is 0 Å². The van der Waals surface area contributed by atoms with Crippen molar-refractivity contribution in [1.29, 1.82) is 0 Å². The molecule has 0 N–H and O–H groups in total. The molecule has 0 bridgehead atoms. The van der Waals surface area contributed by atoms with Gasteiger partial charge in [0, 0.05) is 5.56 Å². The van der Waals surface area contributed by atoms with Gasteiger partial charge in [-0.1, -0.05) is 30.3 Å². The highest BCUT2D eigenvalue weighted by Crippen LogP contribution is 2.34. The minimum atomic E-state index is -0.803. The van der Waals surface area contributed by atoms with Crippen LogP contribution in [0.4, 0.5) is 10.1 Å². The van der Waals surface area contributed by atoms with Crippen molar-refractivity contribution in [2.24, 2.45) is 0 Å². The van der Waals surface area contributed by atoms with Gasteiger partial charge in [-0.3, -0.25) is 9.69 Å². The average molecular weight is 255 g/mol. The maximum absolute atomic E-state index is 13.4. The Balaban J connectivity index is 2.04. The molecule has 2 aromatic rings. The minimum Gasteiger partial charge on any atom is -0.428 e. The Hall–Kier alpha value is -2.62. The zero-order valence-electron chi connectivity index (χ0n) is 9.92.